The molecular formula is C72H77IrN3OSi-2. The van der Waals surface area contributed by atoms with Crippen molar-refractivity contribution in [1.29, 1.82) is 0 Å². The SMILES string of the molecule is CC(C)(C)c1ccc(-c2[c-]cccc2)nc1.CC(C)C[Si](CC(C)C)(CC(C)C)c1ccc(-c2cc(C(C)C)c(-n3c(-c4[c-]ccc5c4oc4cc6c(ccc7ccccc76)cc45)nc4ccccc43)c(C(C)C)c2)cc1.[Ir]. The zero-order valence-electron chi connectivity index (χ0n) is 48.2. The summed E-state index contributed by atoms with van der Waals surface area (Å²) >= 11 is 0. The van der Waals surface area contributed by atoms with Gasteiger partial charge >= 0.3 is 0 Å². The largest absolute Gasteiger partial charge is 0.501 e. The van der Waals surface area contributed by atoms with Crippen LogP contribution in [-0.2, 0) is 25.5 Å². The Kier molecular flexibility index (Phi) is 16.7. The van der Waals surface area contributed by atoms with Gasteiger partial charge in [-0.15, -0.1) is 54.1 Å². The van der Waals surface area contributed by atoms with Crippen LogP contribution in [0.2, 0.25) is 18.1 Å². The second kappa shape index (κ2) is 23.1. The Morgan fingerprint density at radius 2 is 1.21 bits per heavy atom. The number of pyridine rings is 1. The zero-order chi connectivity index (χ0) is 54.3. The van der Waals surface area contributed by atoms with Crippen molar-refractivity contribution in [2.75, 3.05) is 0 Å². The van der Waals surface area contributed by atoms with Crippen molar-refractivity contribution in [2.45, 2.75) is 125 Å². The van der Waals surface area contributed by atoms with Gasteiger partial charge in [0.15, 0.2) is 0 Å². The number of imidazole rings is 1. The van der Waals surface area contributed by atoms with Gasteiger partial charge in [0.05, 0.1) is 30.5 Å². The third-order valence-corrected chi connectivity index (χ3v) is 21.9. The Balaban J connectivity index is 0.000000373. The van der Waals surface area contributed by atoms with E-state index in [1.807, 2.05) is 36.5 Å². The van der Waals surface area contributed by atoms with Crippen LogP contribution in [0.3, 0.4) is 0 Å². The molecule has 11 aromatic rings. The second-order valence-corrected chi connectivity index (χ2v) is 29.1. The average molecular weight is 1220 g/mol. The normalized spacial score (nSPS) is 12.3. The van der Waals surface area contributed by atoms with Crippen molar-refractivity contribution < 1.29 is 24.5 Å². The fraction of sp³-hybridized carbons (Fsp3) is 0.306. The first-order valence-electron chi connectivity index (χ1n) is 28.3. The first-order valence-corrected chi connectivity index (χ1v) is 30.9. The van der Waals surface area contributed by atoms with Crippen molar-refractivity contribution in [2.24, 2.45) is 17.8 Å². The van der Waals surface area contributed by atoms with Crippen molar-refractivity contribution >= 4 is 67.8 Å². The minimum absolute atomic E-state index is 0. The third kappa shape index (κ3) is 11.4. The maximum Gasteiger partial charge on any atom is 0.121 e. The molecule has 11 rings (SSSR count). The monoisotopic (exact) mass is 1220 g/mol. The van der Waals surface area contributed by atoms with Crippen LogP contribution in [0.1, 0.15) is 119 Å². The first-order chi connectivity index (χ1) is 36.9. The van der Waals surface area contributed by atoms with E-state index < -0.39 is 8.07 Å². The van der Waals surface area contributed by atoms with Crippen molar-refractivity contribution in [1.82, 2.24) is 14.5 Å². The minimum atomic E-state index is -1.73. The van der Waals surface area contributed by atoms with Crippen LogP contribution in [0, 0.1) is 29.9 Å². The van der Waals surface area contributed by atoms with Gasteiger partial charge in [0.2, 0.25) is 0 Å². The standard InChI is InChI=1S/C57H61N2OSi.C15H16N.Ir/c1-35(2)32-61(33-36(3)4,34-37(5)6)44-26-24-40(25-27-44)43-29-48(38(7)8)55(49(30-43)39(9)10)59-53-21-14-13-20-52(53)58-57(59)47-19-15-18-46-51-28-42-23-22-41-16-11-12-17-45(41)50(42)31-54(51)60-56(46)47;1-15(2,3)13-9-10-14(16-11-13)12-7-5-4-6-8-12;/h11-18,20-31,35-39H,32-34H2,1-10H3;4-7,9-11H,1-3H3;/q2*-1;. The van der Waals surface area contributed by atoms with Gasteiger partial charge in [-0.3, -0.25) is 4.98 Å². The summed E-state index contributed by atoms with van der Waals surface area (Å²) < 4.78 is 9.34. The maximum absolute atomic E-state index is 6.93. The molecule has 0 unspecified atom stereocenters. The van der Waals surface area contributed by atoms with E-state index in [0.717, 1.165) is 55.6 Å². The molecule has 0 N–H and O–H groups in total. The van der Waals surface area contributed by atoms with Crippen LogP contribution in [0.5, 0.6) is 0 Å². The molecule has 0 aliphatic heterocycles. The van der Waals surface area contributed by atoms with Crippen molar-refractivity contribution in [3.8, 4) is 39.5 Å². The Labute approximate surface area is 479 Å². The molecule has 0 aliphatic rings. The number of fused-ring (bicyclic) bond motifs is 7. The summed E-state index contributed by atoms with van der Waals surface area (Å²) in [6.07, 6.45) is 1.95. The molecule has 1 radical (unpaired) electrons. The van der Waals surface area contributed by atoms with Gasteiger partial charge < -0.3 is 14.0 Å². The number of furan rings is 1. The number of hydrogen-bond acceptors (Lipinski definition) is 3. The minimum Gasteiger partial charge on any atom is -0.501 e. The Hall–Kier alpha value is -6.43. The second-order valence-electron chi connectivity index (χ2n) is 24.7. The maximum atomic E-state index is 6.93. The van der Waals surface area contributed by atoms with Crippen LogP contribution >= 0.6 is 0 Å². The van der Waals surface area contributed by atoms with E-state index in [2.05, 4.69) is 239 Å². The van der Waals surface area contributed by atoms with Crippen LogP contribution in [0.4, 0.5) is 0 Å². The van der Waals surface area contributed by atoms with E-state index in [4.69, 9.17) is 9.40 Å². The fourth-order valence-electron chi connectivity index (χ4n) is 12.3. The van der Waals surface area contributed by atoms with Gasteiger partial charge in [-0.2, -0.15) is 0 Å². The van der Waals surface area contributed by atoms with E-state index in [1.54, 1.807) is 5.19 Å². The first kappa shape index (κ1) is 56.3. The van der Waals surface area contributed by atoms with Gasteiger partial charge in [0.1, 0.15) is 5.58 Å². The van der Waals surface area contributed by atoms with E-state index >= 15 is 0 Å². The van der Waals surface area contributed by atoms with E-state index in [-0.39, 0.29) is 37.4 Å². The molecule has 0 fully saturated rings. The topological polar surface area (TPSA) is 43.9 Å². The summed E-state index contributed by atoms with van der Waals surface area (Å²) in [6.45, 7) is 30.4. The van der Waals surface area contributed by atoms with Gasteiger partial charge in [-0.25, -0.2) is 0 Å². The fourth-order valence-corrected chi connectivity index (χ4v) is 19.1. The zero-order valence-corrected chi connectivity index (χ0v) is 51.6. The average Bonchev–Trinajstić information content (AvgIpc) is 4.21. The molecule has 0 spiro atoms. The molecule has 401 valence electrons. The molecule has 0 atom stereocenters. The van der Waals surface area contributed by atoms with E-state index in [9.17, 15) is 0 Å². The Morgan fingerprint density at radius 1 is 0.564 bits per heavy atom. The summed E-state index contributed by atoms with van der Waals surface area (Å²) in [5.41, 5.74) is 14.5. The number of aromatic nitrogens is 3. The Morgan fingerprint density at radius 3 is 1.82 bits per heavy atom. The smallest absolute Gasteiger partial charge is 0.121 e. The van der Waals surface area contributed by atoms with Crippen molar-refractivity contribution in [3.63, 3.8) is 0 Å². The van der Waals surface area contributed by atoms with Crippen LogP contribution < -0.4 is 5.19 Å². The number of benzene rings is 8. The van der Waals surface area contributed by atoms with Crippen molar-refractivity contribution in [3.05, 3.63) is 193 Å². The molecule has 8 aromatic carbocycles. The third-order valence-electron chi connectivity index (χ3n) is 15.6. The number of hydrogen-bond donors (Lipinski definition) is 0. The summed E-state index contributed by atoms with van der Waals surface area (Å²) in [7, 11) is -1.73. The quantitative estimate of drug-likeness (QED) is 0.0656. The predicted molar refractivity (Wildman–Crippen MR) is 333 cm³/mol. The summed E-state index contributed by atoms with van der Waals surface area (Å²) in [4.78, 5) is 9.91. The molecule has 78 heavy (non-hydrogen) atoms. The number of rotatable bonds is 13. The molecule has 4 nitrogen and oxygen atoms in total. The summed E-state index contributed by atoms with van der Waals surface area (Å²) in [6, 6.07) is 68.1. The summed E-state index contributed by atoms with van der Waals surface area (Å²) in [5.74, 6) is 3.46. The molecule has 0 saturated carbocycles. The van der Waals surface area contributed by atoms with Crippen LogP contribution in [0.15, 0.2) is 168 Å². The number of para-hydroxylation sites is 2. The van der Waals surface area contributed by atoms with Crippen LogP contribution in [0.25, 0.3) is 94.0 Å². The molecular weight excluding hydrogens is 1140 g/mol. The van der Waals surface area contributed by atoms with E-state index in [1.165, 1.54) is 73.2 Å². The van der Waals surface area contributed by atoms with Gasteiger partial charge in [-0.1, -0.05) is 209 Å². The van der Waals surface area contributed by atoms with E-state index in [0.29, 0.717) is 17.8 Å². The molecule has 6 heteroatoms. The van der Waals surface area contributed by atoms with Crippen LogP contribution in [-0.4, -0.2) is 22.6 Å². The molecule has 0 amide bonds. The molecule has 0 bridgehead atoms. The van der Waals surface area contributed by atoms with Gasteiger partial charge in [-0.05, 0) is 126 Å². The summed E-state index contributed by atoms with van der Waals surface area (Å²) in [5, 5.41) is 8.67. The molecule has 3 aromatic heterocycles. The molecule has 0 aliphatic carbocycles. The Bertz CT molecular complexity index is 3800. The van der Waals surface area contributed by atoms with Gasteiger partial charge in [0.25, 0.3) is 0 Å². The number of nitrogens with zero attached hydrogens (tertiary/aromatic N) is 3. The molecule has 0 saturated heterocycles. The van der Waals surface area contributed by atoms with Gasteiger partial charge in [0, 0.05) is 37.4 Å². The predicted octanol–water partition coefficient (Wildman–Crippen LogP) is 20.1. The molecule has 3 heterocycles.